The van der Waals surface area contributed by atoms with Gasteiger partial charge in [0, 0.05) is 11.6 Å². The van der Waals surface area contributed by atoms with Crippen LogP contribution < -0.4 is 14.8 Å². The van der Waals surface area contributed by atoms with Crippen molar-refractivity contribution in [3.63, 3.8) is 0 Å². The molecule has 146 valence electrons. The first-order chi connectivity index (χ1) is 12.3. The van der Waals surface area contributed by atoms with Gasteiger partial charge in [0.25, 0.3) is 5.91 Å². The molecular formula is C18H23BrF3NO3. The molecule has 1 aliphatic rings. The fourth-order valence-corrected chi connectivity index (χ4v) is 3.70. The SMILES string of the molecule is CCCOc1c(Br)cc(C(=O)NC2CCCCC2C(F)(F)F)cc1OC. The number of methoxy groups -OCH3 is 1. The van der Waals surface area contributed by atoms with E-state index in [9.17, 15) is 18.0 Å². The highest BCUT2D eigenvalue weighted by molar-refractivity contribution is 9.10. The molecule has 0 spiro atoms. The Morgan fingerprint density at radius 2 is 2.00 bits per heavy atom. The number of hydrogen-bond acceptors (Lipinski definition) is 3. The van der Waals surface area contributed by atoms with Crippen LogP contribution in [0.4, 0.5) is 13.2 Å². The third-order valence-electron chi connectivity index (χ3n) is 4.45. The minimum absolute atomic E-state index is 0.0469. The summed E-state index contributed by atoms with van der Waals surface area (Å²) < 4.78 is 51.0. The van der Waals surface area contributed by atoms with Crippen LogP contribution >= 0.6 is 15.9 Å². The lowest BCUT2D eigenvalue weighted by Crippen LogP contribution is -2.47. The summed E-state index contributed by atoms with van der Waals surface area (Å²) >= 11 is 3.34. The van der Waals surface area contributed by atoms with Crippen LogP contribution in [0.15, 0.2) is 16.6 Å². The smallest absolute Gasteiger partial charge is 0.393 e. The Morgan fingerprint density at radius 1 is 1.31 bits per heavy atom. The van der Waals surface area contributed by atoms with Gasteiger partial charge in [-0.15, -0.1) is 0 Å². The van der Waals surface area contributed by atoms with Crippen molar-refractivity contribution < 1.29 is 27.4 Å². The number of amides is 1. The molecule has 1 aromatic carbocycles. The average molecular weight is 438 g/mol. The van der Waals surface area contributed by atoms with Gasteiger partial charge in [-0.05, 0) is 47.3 Å². The molecule has 8 heteroatoms. The van der Waals surface area contributed by atoms with E-state index < -0.39 is 24.0 Å². The molecule has 1 fully saturated rings. The first-order valence-electron chi connectivity index (χ1n) is 8.65. The van der Waals surface area contributed by atoms with Gasteiger partial charge in [0.05, 0.1) is 24.1 Å². The number of ether oxygens (including phenoxy) is 2. The van der Waals surface area contributed by atoms with Crippen LogP contribution in [0.2, 0.25) is 0 Å². The molecule has 1 N–H and O–H groups in total. The predicted molar refractivity (Wildman–Crippen MR) is 95.7 cm³/mol. The maximum atomic E-state index is 13.2. The van der Waals surface area contributed by atoms with Crippen molar-refractivity contribution in [1.82, 2.24) is 5.32 Å². The van der Waals surface area contributed by atoms with Crippen molar-refractivity contribution in [3.05, 3.63) is 22.2 Å². The molecule has 0 radical (unpaired) electrons. The van der Waals surface area contributed by atoms with Crippen LogP contribution in [-0.4, -0.2) is 31.8 Å². The summed E-state index contributed by atoms with van der Waals surface area (Å²) in [6.07, 6.45) is -1.93. The zero-order chi connectivity index (χ0) is 19.3. The van der Waals surface area contributed by atoms with E-state index in [1.807, 2.05) is 6.92 Å². The Balaban J connectivity index is 2.19. The first-order valence-corrected chi connectivity index (χ1v) is 9.45. The molecule has 4 nitrogen and oxygen atoms in total. The van der Waals surface area contributed by atoms with E-state index in [1.165, 1.54) is 19.2 Å². The number of nitrogens with one attached hydrogen (secondary N) is 1. The summed E-state index contributed by atoms with van der Waals surface area (Å²) in [6, 6.07) is 2.11. The fourth-order valence-electron chi connectivity index (χ4n) is 3.14. The quantitative estimate of drug-likeness (QED) is 0.673. The van der Waals surface area contributed by atoms with Gasteiger partial charge in [-0.25, -0.2) is 0 Å². The Bertz CT molecular complexity index is 637. The third-order valence-corrected chi connectivity index (χ3v) is 5.03. The maximum absolute atomic E-state index is 13.2. The molecule has 1 aromatic rings. The van der Waals surface area contributed by atoms with E-state index in [0.29, 0.717) is 41.8 Å². The second-order valence-electron chi connectivity index (χ2n) is 6.35. The summed E-state index contributed by atoms with van der Waals surface area (Å²) in [4.78, 5) is 12.5. The van der Waals surface area contributed by atoms with Crippen LogP contribution in [0.3, 0.4) is 0 Å². The number of carbonyl (C=O) groups is 1. The molecule has 1 saturated carbocycles. The normalized spacial score (nSPS) is 20.5. The van der Waals surface area contributed by atoms with Gasteiger partial charge in [0.1, 0.15) is 0 Å². The summed E-state index contributed by atoms with van der Waals surface area (Å²) in [7, 11) is 1.45. The van der Waals surface area contributed by atoms with Crippen LogP contribution in [0.25, 0.3) is 0 Å². The van der Waals surface area contributed by atoms with E-state index in [-0.39, 0.29) is 12.0 Å². The van der Waals surface area contributed by atoms with E-state index in [0.717, 1.165) is 6.42 Å². The van der Waals surface area contributed by atoms with Crippen LogP contribution in [-0.2, 0) is 0 Å². The van der Waals surface area contributed by atoms with Crippen molar-refractivity contribution in [2.24, 2.45) is 5.92 Å². The number of rotatable bonds is 6. The molecule has 1 aliphatic carbocycles. The standard InChI is InChI=1S/C18H23BrF3NO3/c1-3-8-26-16-13(19)9-11(10-15(16)25-2)17(24)23-14-7-5-4-6-12(14)18(20,21)22/h9-10,12,14H,3-8H2,1-2H3,(H,23,24). The Kier molecular flexibility index (Phi) is 7.20. The van der Waals surface area contributed by atoms with Gasteiger partial charge >= 0.3 is 6.18 Å². The zero-order valence-electron chi connectivity index (χ0n) is 14.8. The highest BCUT2D eigenvalue weighted by Crippen LogP contribution is 2.39. The lowest BCUT2D eigenvalue weighted by Gasteiger charge is -2.33. The van der Waals surface area contributed by atoms with Crippen LogP contribution in [0.1, 0.15) is 49.4 Å². The molecule has 2 rings (SSSR count). The molecule has 2 unspecified atom stereocenters. The number of hydrogen-bond donors (Lipinski definition) is 1. The van der Waals surface area contributed by atoms with Gasteiger partial charge in [-0.1, -0.05) is 19.8 Å². The third kappa shape index (κ3) is 5.05. The highest BCUT2D eigenvalue weighted by atomic mass is 79.9. The minimum Gasteiger partial charge on any atom is -0.493 e. The second-order valence-corrected chi connectivity index (χ2v) is 7.20. The molecule has 0 aromatic heterocycles. The predicted octanol–water partition coefficient (Wildman–Crippen LogP) is 5.10. The molecule has 0 saturated heterocycles. The monoisotopic (exact) mass is 437 g/mol. The number of carbonyl (C=O) groups excluding carboxylic acids is 1. The Hall–Kier alpha value is -1.44. The molecule has 0 aliphatic heterocycles. The summed E-state index contributed by atoms with van der Waals surface area (Å²) in [5, 5.41) is 2.56. The maximum Gasteiger partial charge on any atom is 0.393 e. The molecule has 0 bridgehead atoms. The topological polar surface area (TPSA) is 47.6 Å². The van der Waals surface area contributed by atoms with Crippen molar-refractivity contribution in [3.8, 4) is 11.5 Å². The van der Waals surface area contributed by atoms with Gasteiger partial charge < -0.3 is 14.8 Å². The van der Waals surface area contributed by atoms with Crippen LogP contribution in [0, 0.1) is 5.92 Å². The second kappa shape index (κ2) is 8.97. The number of halogens is 4. The summed E-state index contributed by atoms with van der Waals surface area (Å²) in [5.41, 5.74) is 0.226. The van der Waals surface area contributed by atoms with Crippen molar-refractivity contribution in [1.29, 1.82) is 0 Å². The van der Waals surface area contributed by atoms with Gasteiger partial charge in [0.2, 0.25) is 0 Å². The average Bonchev–Trinajstić information content (AvgIpc) is 2.59. The fraction of sp³-hybridized carbons (Fsp3) is 0.611. The van der Waals surface area contributed by atoms with E-state index in [1.54, 1.807) is 0 Å². The molecule has 2 atom stereocenters. The van der Waals surface area contributed by atoms with E-state index in [4.69, 9.17) is 9.47 Å². The molecule has 1 amide bonds. The Morgan fingerprint density at radius 3 is 2.62 bits per heavy atom. The van der Waals surface area contributed by atoms with Crippen LogP contribution in [0.5, 0.6) is 11.5 Å². The summed E-state index contributed by atoms with van der Waals surface area (Å²) in [5.74, 6) is -1.23. The molecule has 26 heavy (non-hydrogen) atoms. The van der Waals surface area contributed by atoms with Crippen molar-refractivity contribution in [2.75, 3.05) is 13.7 Å². The summed E-state index contributed by atoms with van der Waals surface area (Å²) in [6.45, 7) is 2.44. The van der Waals surface area contributed by atoms with Gasteiger partial charge in [-0.2, -0.15) is 13.2 Å². The van der Waals surface area contributed by atoms with Crippen molar-refractivity contribution >= 4 is 21.8 Å². The van der Waals surface area contributed by atoms with E-state index >= 15 is 0 Å². The largest absolute Gasteiger partial charge is 0.493 e. The lowest BCUT2D eigenvalue weighted by atomic mass is 9.84. The first kappa shape index (κ1) is 20.9. The lowest BCUT2D eigenvalue weighted by molar-refractivity contribution is -0.187. The van der Waals surface area contributed by atoms with Crippen molar-refractivity contribution in [2.45, 2.75) is 51.2 Å². The van der Waals surface area contributed by atoms with E-state index in [2.05, 4.69) is 21.2 Å². The number of alkyl halides is 3. The molecular weight excluding hydrogens is 415 g/mol. The van der Waals surface area contributed by atoms with Gasteiger partial charge in [-0.3, -0.25) is 4.79 Å². The molecule has 0 heterocycles. The zero-order valence-corrected chi connectivity index (χ0v) is 16.4. The Labute approximate surface area is 159 Å². The minimum atomic E-state index is -4.31. The highest BCUT2D eigenvalue weighted by Gasteiger charge is 2.46. The van der Waals surface area contributed by atoms with Gasteiger partial charge in [0.15, 0.2) is 11.5 Å². The number of benzene rings is 1.